The maximum absolute atomic E-state index is 4.30. The molecule has 2 heterocycles. The lowest BCUT2D eigenvalue weighted by Gasteiger charge is -2.30. The summed E-state index contributed by atoms with van der Waals surface area (Å²) in [6, 6.07) is 5.92. The number of aliphatic imine (C=N–C) groups is 1. The molecule has 1 aromatic rings. The van der Waals surface area contributed by atoms with Crippen LogP contribution in [-0.2, 0) is 0 Å². The van der Waals surface area contributed by atoms with Gasteiger partial charge in [0.05, 0.1) is 0 Å². The summed E-state index contributed by atoms with van der Waals surface area (Å²) in [5.41, 5.74) is 0. The van der Waals surface area contributed by atoms with Gasteiger partial charge in [-0.1, -0.05) is 13.0 Å². The molecule has 0 saturated carbocycles. The molecular formula is C20H37IN6. The van der Waals surface area contributed by atoms with E-state index >= 15 is 0 Å². The summed E-state index contributed by atoms with van der Waals surface area (Å²) >= 11 is 0. The van der Waals surface area contributed by atoms with Gasteiger partial charge in [0.1, 0.15) is 5.82 Å². The van der Waals surface area contributed by atoms with Gasteiger partial charge in [-0.2, -0.15) is 0 Å². The van der Waals surface area contributed by atoms with E-state index in [9.17, 15) is 0 Å². The molecule has 2 rings (SSSR count). The van der Waals surface area contributed by atoms with Crippen LogP contribution < -0.4 is 16.0 Å². The number of guanidine groups is 1. The van der Waals surface area contributed by atoms with Gasteiger partial charge in [-0.25, -0.2) is 4.98 Å². The third-order valence-electron chi connectivity index (χ3n) is 4.91. The van der Waals surface area contributed by atoms with Gasteiger partial charge in [0.25, 0.3) is 0 Å². The van der Waals surface area contributed by atoms with Crippen LogP contribution in [-0.4, -0.2) is 62.2 Å². The van der Waals surface area contributed by atoms with Gasteiger partial charge in [0, 0.05) is 32.9 Å². The van der Waals surface area contributed by atoms with E-state index in [1.54, 1.807) is 0 Å². The molecule has 154 valence electrons. The minimum atomic E-state index is 0. The number of hydrogen-bond acceptors (Lipinski definition) is 4. The van der Waals surface area contributed by atoms with Crippen molar-refractivity contribution in [2.24, 2.45) is 10.9 Å². The number of nitrogens with one attached hydrogen (secondary N) is 3. The SMILES string of the molecule is CN=C(NCCCCNc1ccccn1)NCCCN1CCC(C)CC1.I. The number of nitrogens with zero attached hydrogens (tertiary/aromatic N) is 3. The van der Waals surface area contributed by atoms with E-state index in [1.165, 1.54) is 38.9 Å². The number of aromatic nitrogens is 1. The molecule has 1 aromatic heterocycles. The number of likely N-dealkylation sites (tertiary alicyclic amines) is 1. The van der Waals surface area contributed by atoms with Crippen LogP contribution in [0.1, 0.15) is 39.0 Å². The van der Waals surface area contributed by atoms with Crippen LogP contribution in [0.15, 0.2) is 29.4 Å². The molecule has 1 fully saturated rings. The highest BCUT2D eigenvalue weighted by Crippen LogP contribution is 2.15. The highest BCUT2D eigenvalue weighted by Gasteiger charge is 2.14. The van der Waals surface area contributed by atoms with E-state index in [0.29, 0.717) is 0 Å². The first-order valence-corrected chi connectivity index (χ1v) is 10.1. The molecule has 0 radical (unpaired) electrons. The quantitative estimate of drug-likeness (QED) is 0.204. The number of piperidine rings is 1. The first-order chi connectivity index (χ1) is 12.8. The molecule has 0 aliphatic carbocycles. The molecule has 0 amide bonds. The molecule has 27 heavy (non-hydrogen) atoms. The average Bonchev–Trinajstić information content (AvgIpc) is 2.68. The fraction of sp³-hybridized carbons (Fsp3) is 0.700. The lowest BCUT2D eigenvalue weighted by molar-refractivity contribution is 0.191. The summed E-state index contributed by atoms with van der Waals surface area (Å²) in [5, 5.41) is 10.1. The van der Waals surface area contributed by atoms with Crippen molar-refractivity contribution in [1.29, 1.82) is 0 Å². The number of rotatable bonds is 10. The topological polar surface area (TPSA) is 64.6 Å². The van der Waals surface area contributed by atoms with Crippen molar-refractivity contribution in [2.75, 3.05) is 51.6 Å². The maximum Gasteiger partial charge on any atom is 0.190 e. The summed E-state index contributed by atoms with van der Waals surface area (Å²) in [4.78, 5) is 11.2. The van der Waals surface area contributed by atoms with Crippen LogP contribution in [0, 0.1) is 5.92 Å². The second-order valence-corrected chi connectivity index (χ2v) is 7.15. The Morgan fingerprint density at radius 2 is 1.81 bits per heavy atom. The van der Waals surface area contributed by atoms with Crippen LogP contribution in [0.5, 0.6) is 0 Å². The Labute approximate surface area is 182 Å². The van der Waals surface area contributed by atoms with Crippen molar-refractivity contribution < 1.29 is 0 Å². The predicted octanol–water partition coefficient (Wildman–Crippen LogP) is 3.18. The zero-order chi connectivity index (χ0) is 18.5. The molecule has 1 saturated heterocycles. The lowest BCUT2D eigenvalue weighted by atomic mass is 9.99. The number of anilines is 1. The normalized spacial score (nSPS) is 15.9. The Morgan fingerprint density at radius 1 is 1.11 bits per heavy atom. The summed E-state index contributed by atoms with van der Waals surface area (Å²) in [7, 11) is 1.84. The van der Waals surface area contributed by atoms with Crippen LogP contribution in [0.4, 0.5) is 5.82 Å². The van der Waals surface area contributed by atoms with Gasteiger partial charge >= 0.3 is 0 Å². The highest BCUT2D eigenvalue weighted by molar-refractivity contribution is 14.0. The second-order valence-electron chi connectivity index (χ2n) is 7.15. The second kappa shape index (κ2) is 14.9. The fourth-order valence-electron chi connectivity index (χ4n) is 3.16. The average molecular weight is 488 g/mol. The molecule has 3 N–H and O–H groups in total. The largest absolute Gasteiger partial charge is 0.370 e. The Balaban J connectivity index is 0.00000364. The zero-order valence-electron chi connectivity index (χ0n) is 16.9. The fourth-order valence-corrected chi connectivity index (χ4v) is 3.16. The van der Waals surface area contributed by atoms with Gasteiger partial charge in [-0.15, -0.1) is 24.0 Å². The molecule has 0 aromatic carbocycles. The Bertz CT molecular complexity index is 502. The smallest absolute Gasteiger partial charge is 0.190 e. The van der Waals surface area contributed by atoms with Crippen LogP contribution in [0.25, 0.3) is 0 Å². The van der Waals surface area contributed by atoms with Crippen molar-refractivity contribution in [3.8, 4) is 0 Å². The first kappa shape index (κ1) is 23.9. The van der Waals surface area contributed by atoms with Crippen molar-refractivity contribution in [3.05, 3.63) is 24.4 Å². The molecule has 0 unspecified atom stereocenters. The minimum absolute atomic E-state index is 0. The van der Waals surface area contributed by atoms with E-state index in [-0.39, 0.29) is 24.0 Å². The molecular weight excluding hydrogens is 451 g/mol. The van der Waals surface area contributed by atoms with Crippen LogP contribution in [0.3, 0.4) is 0 Å². The standard InChI is InChI=1S/C20H36N6.HI/c1-18-9-16-26(17-10-18)15-7-14-25-20(21-2)24-13-6-5-12-23-19-8-3-4-11-22-19;/h3-4,8,11,18H,5-7,9-10,12-17H2,1-2H3,(H,22,23)(H2,21,24,25);1H. The minimum Gasteiger partial charge on any atom is -0.370 e. The monoisotopic (exact) mass is 488 g/mol. The number of pyridine rings is 1. The van der Waals surface area contributed by atoms with Gasteiger partial charge in [-0.05, 0) is 69.8 Å². The van der Waals surface area contributed by atoms with Gasteiger partial charge in [0.15, 0.2) is 5.96 Å². The van der Waals surface area contributed by atoms with Crippen LogP contribution >= 0.6 is 24.0 Å². The van der Waals surface area contributed by atoms with Crippen molar-refractivity contribution in [2.45, 2.75) is 39.0 Å². The van der Waals surface area contributed by atoms with Gasteiger partial charge in [0.2, 0.25) is 0 Å². The maximum atomic E-state index is 4.30. The van der Waals surface area contributed by atoms with Crippen molar-refractivity contribution >= 4 is 35.8 Å². The molecule has 7 heteroatoms. The van der Waals surface area contributed by atoms with Crippen molar-refractivity contribution in [3.63, 3.8) is 0 Å². The molecule has 1 aliphatic heterocycles. The predicted molar refractivity (Wildman–Crippen MR) is 126 cm³/mol. The highest BCUT2D eigenvalue weighted by atomic mass is 127. The van der Waals surface area contributed by atoms with E-state index in [1.807, 2.05) is 31.4 Å². The summed E-state index contributed by atoms with van der Waals surface area (Å²) < 4.78 is 0. The molecule has 0 spiro atoms. The molecule has 1 aliphatic rings. The van der Waals surface area contributed by atoms with Gasteiger partial charge < -0.3 is 20.9 Å². The third-order valence-corrected chi connectivity index (χ3v) is 4.91. The summed E-state index contributed by atoms with van der Waals surface area (Å²) in [6.07, 6.45) is 7.90. The summed E-state index contributed by atoms with van der Waals surface area (Å²) in [5.74, 6) is 2.77. The Kier molecular flexibility index (Phi) is 13.2. The number of halogens is 1. The van der Waals surface area contributed by atoms with E-state index in [2.05, 4.69) is 37.8 Å². The summed E-state index contributed by atoms with van der Waals surface area (Å²) in [6.45, 7) is 8.94. The number of unbranched alkanes of at least 4 members (excludes halogenated alkanes) is 1. The zero-order valence-corrected chi connectivity index (χ0v) is 19.2. The van der Waals surface area contributed by atoms with E-state index in [0.717, 1.165) is 50.2 Å². The molecule has 6 nitrogen and oxygen atoms in total. The Hall–Kier alpha value is -1.09. The van der Waals surface area contributed by atoms with E-state index in [4.69, 9.17) is 0 Å². The van der Waals surface area contributed by atoms with Gasteiger partial charge in [-0.3, -0.25) is 4.99 Å². The molecule has 0 atom stereocenters. The van der Waals surface area contributed by atoms with Crippen molar-refractivity contribution in [1.82, 2.24) is 20.5 Å². The van der Waals surface area contributed by atoms with Crippen LogP contribution in [0.2, 0.25) is 0 Å². The van der Waals surface area contributed by atoms with E-state index < -0.39 is 0 Å². The lowest BCUT2D eigenvalue weighted by Crippen LogP contribution is -2.40. The number of hydrogen-bond donors (Lipinski definition) is 3. The first-order valence-electron chi connectivity index (χ1n) is 10.1. The Morgan fingerprint density at radius 3 is 2.48 bits per heavy atom. The molecule has 0 bridgehead atoms. The third kappa shape index (κ3) is 10.7.